The molecule has 0 aliphatic rings. The third-order valence-electron chi connectivity index (χ3n) is 3.48. The van der Waals surface area contributed by atoms with Crippen LogP contribution in [0.3, 0.4) is 0 Å². The minimum absolute atomic E-state index is 0.0307. The number of aryl methyl sites for hydroxylation is 1. The van der Waals surface area contributed by atoms with E-state index in [0.29, 0.717) is 5.56 Å². The fourth-order valence-electron chi connectivity index (χ4n) is 1.90. The largest absolute Gasteiger partial charge is 0.347 e. The molecule has 0 radical (unpaired) electrons. The third-order valence-corrected chi connectivity index (χ3v) is 3.48. The zero-order valence-electron chi connectivity index (χ0n) is 10.6. The molecule has 0 aliphatic heterocycles. The summed E-state index contributed by atoms with van der Waals surface area (Å²) >= 11 is 0. The Bertz CT molecular complexity index is 345. The van der Waals surface area contributed by atoms with E-state index in [2.05, 4.69) is 36.3 Å². The molecule has 16 heavy (non-hydrogen) atoms. The number of hydrogen-bond donors (Lipinski definition) is 2. The first-order chi connectivity index (χ1) is 7.58. The van der Waals surface area contributed by atoms with Crippen molar-refractivity contribution in [2.75, 3.05) is 0 Å². The smallest absolute Gasteiger partial charge is 0.255 e. The second kappa shape index (κ2) is 5.14. The molecule has 1 rings (SSSR count). The SMILES string of the molecule is CCC(CC)(CC)NC(=O)c1cn[nH]c1C. The Morgan fingerprint density at radius 3 is 2.31 bits per heavy atom. The second-order valence-electron chi connectivity index (χ2n) is 4.20. The number of rotatable bonds is 5. The number of hydrogen-bond acceptors (Lipinski definition) is 2. The van der Waals surface area contributed by atoms with Gasteiger partial charge in [-0.05, 0) is 26.2 Å². The van der Waals surface area contributed by atoms with Gasteiger partial charge in [0.15, 0.2) is 0 Å². The van der Waals surface area contributed by atoms with Crippen LogP contribution in [0.5, 0.6) is 0 Å². The molecule has 1 heterocycles. The van der Waals surface area contributed by atoms with Gasteiger partial charge in [0, 0.05) is 11.2 Å². The van der Waals surface area contributed by atoms with E-state index in [0.717, 1.165) is 25.0 Å². The average molecular weight is 223 g/mol. The van der Waals surface area contributed by atoms with Crippen molar-refractivity contribution in [3.63, 3.8) is 0 Å². The number of carbonyl (C=O) groups is 1. The summed E-state index contributed by atoms with van der Waals surface area (Å²) in [7, 11) is 0. The number of amides is 1. The molecule has 0 aliphatic carbocycles. The molecule has 1 amide bonds. The molecule has 0 saturated carbocycles. The Kier molecular flexibility index (Phi) is 4.10. The van der Waals surface area contributed by atoms with Gasteiger partial charge in [0.05, 0.1) is 11.8 Å². The van der Waals surface area contributed by atoms with Crippen LogP contribution >= 0.6 is 0 Å². The lowest BCUT2D eigenvalue weighted by Gasteiger charge is -2.31. The van der Waals surface area contributed by atoms with Crippen LogP contribution in [-0.4, -0.2) is 21.6 Å². The minimum atomic E-state index is -0.0825. The number of carbonyl (C=O) groups excluding carboxylic acids is 1. The fraction of sp³-hybridized carbons (Fsp3) is 0.667. The molecule has 0 spiro atoms. The van der Waals surface area contributed by atoms with Crippen molar-refractivity contribution in [3.8, 4) is 0 Å². The van der Waals surface area contributed by atoms with E-state index in [9.17, 15) is 4.79 Å². The Labute approximate surface area is 96.8 Å². The van der Waals surface area contributed by atoms with Gasteiger partial charge in [-0.2, -0.15) is 5.10 Å². The standard InChI is InChI=1S/C12H21N3O/c1-5-12(6-2,7-3)14-11(16)10-8-13-15-9(10)4/h8H,5-7H2,1-4H3,(H,13,15)(H,14,16). The van der Waals surface area contributed by atoms with E-state index in [-0.39, 0.29) is 11.4 Å². The van der Waals surface area contributed by atoms with Crippen molar-refractivity contribution < 1.29 is 4.79 Å². The van der Waals surface area contributed by atoms with Gasteiger partial charge >= 0.3 is 0 Å². The molecule has 1 aromatic heterocycles. The maximum atomic E-state index is 12.0. The van der Waals surface area contributed by atoms with Gasteiger partial charge in [0.1, 0.15) is 0 Å². The van der Waals surface area contributed by atoms with Crippen LogP contribution in [0.2, 0.25) is 0 Å². The van der Waals surface area contributed by atoms with Crippen molar-refractivity contribution in [3.05, 3.63) is 17.5 Å². The normalized spacial score (nSPS) is 11.5. The number of aromatic amines is 1. The minimum Gasteiger partial charge on any atom is -0.347 e. The van der Waals surface area contributed by atoms with Crippen molar-refractivity contribution in [2.24, 2.45) is 0 Å². The summed E-state index contributed by atoms with van der Waals surface area (Å²) in [6.07, 6.45) is 4.42. The average Bonchev–Trinajstić information content (AvgIpc) is 2.72. The first-order valence-corrected chi connectivity index (χ1v) is 5.91. The maximum Gasteiger partial charge on any atom is 0.255 e. The predicted octanol–water partition coefficient (Wildman–Crippen LogP) is 2.42. The molecule has 4 heteroatoms. The quantitative estimate of drug-likeness (QED) is 0.805. The first-order valence-electron chi connectivity index (χ1n) is 5.91. The first kappa shape index (κ1) is 12.7. The molecular weight excluding hydrogens is 202 g/mol. The van der Waals surface area contributed by atoms with Crippen LogP contribution in [-0.2, 0) is 0 Å². The summed E-state index contributed by atoms with van der Waals surface area (Å²) in [5.74, 6) is -0.0307. The van der Waals surface area contributed by atoms with Gasteiger partial charge in [-0.25, -0.2) is 0 Å². The lowest BCUT2D eigenvalue weighted by molar-refractivity contribution is 0.0887. The monoisotopic (exact) mass is 223 g/mol. The Hall–Kier alpha value is -1.32. The van der Waals surface area contributed by atoms with Crippen molar-refractivity contribution in [1.29, 1.82) is 0 Å². The van der Waals surface area contributed by atoms with Gasteiger partial charge in [0.2, 0.25) is 0 Å². The molecule has 0 saturated heterocycles. The number of nitrogens with one attached hydrogen (secondary N) is 2. The number of aromatic nitrogens is 2. The van der Waals surface area contributed by atoms with Crippen LogP contribution in [0.1, 0.15) is 56.1 Å². The zero-order valence-corrected chi connectivity index (χ0v) is 10.6. The lowest BCUT2D eigenvalue weighted by atomic mass is 9.89. The van der Waals surface area contributed by atoms with Crippen LogP contribution in [0.4, 0.5) is 0 Å². The van der Waals surface area contributed by atoms with Crippen molar-refractivity contribution in [2.45, 2.75) is 52.5 Å². The summed E-state index contributed by atoms with van der Waals surface area (Å²) in [5, 5.41) is 9.77. The van der Waals surface area contributed by atoms with Crippen LogP contribution < -0.4 is 5.32 Å². The van der Waals surface area contributed by atoms with E-state index < -0.39 is 0 Å². The third kappa shape index (κ3) is 2.43. The Morgan fingerprint density at radius 2 is 1.94 bits per heavy atom. The maximum absolute atomic E-state index is 12.0. The van der Waals surface area contributed by atoms with Crippen LogP contribution in [0.15, 0.2) is 6.20 Å². The molecule has 0 aromatic carbocycles. The summed E-state index contributed by atoms with van der Waals surface area (Å²) in [4.78, 5) is 12.0. The number of nitrogens with zero attached hydrogens (tertiary/aromatic N) is 1. The molecule has 0 atom stereocenters. The second-order valence-corrected chi connectivity index (χ2v) is 4.20. The van der Waals surface area contributed by atoms with Gasteiger partial charge in [-0.15, -0.1) is 0 Å². The molecule has 0 fully saturated rings. The van der Waals surface area contributed by atoms with E-state index >= 15 is 0 Å². The summed E-state index contributed by atoms with van der Waals surface area (Å²) in [6.45, 7) is 8.17. The molecule has 4 nitrogen and oxygen atoms in total. The van der Waals surface area contributed by atoms with Crippen LogP contribution in [0, 0.1) is 6.92 Å². The molecule has 2 N–H and O–H groups in total. The van der Waals surface area contributed by atoms with Crippen molar-refractivity contribution >= 4 is 5.91 Å². The predicted molar refractivity (Wildman–Crippen MR) is 64.4 cm³/mol. The molecule has 90 valence electrons. The summed E-state index contributed by atoms with van der Waals surface area (Å²) < 4.78 is 0. The molecule has 0 unspecified atom stereocenters. The van der Waals surface area contributed by atoms with Crippen LogP contribution in [0.25, 0.3) is 0 Å². The van der Waals surface area contributed by atoms with Gasteiger partial charge in [-0.3, -0.25) is 9.89 Å². The van der Waals surface area contributed by atoms with Gasteiger partial charge < -0.3 is 5.32 Å². The Balaban J connectivity index is 2.81. The topological polar surface area (TPSA) is 57.8 Å². The molecule has 0 bridgehead atoms. The zero-order chi connectivity index (χ0) is 12.2. The van der Waals surface area contributed by atoms with Gasteiger partial charge in [0.25, 0.3) is 5.91 Å². The lowest BCUT2D eigenvalue weighted by Crippen LogP contribution is -2.47. The highest BCUT2D eigenvalue weighted by molar-refractivity contribution is 5.95. The summed E-state index contributed by atoms with van der Waals surface area (Å²) in [5.41, 5.74) is 1.37. The van der Waals surface area contributed by atoms with E-state index in [1.807, 2.05) is 6.92 Å². The van der Waals surface area contributed by atoms with Gasteiger partial charge in [-0.1, -0.05) is 20.8 Å². The summed E-state index contributed by atoms with van der Waals surface area (Å²) in [6, 6.07) is 0. The van der Waals surface area contributed by atoms with E-state index in [4.69, 9.17) is 0 Å². The van der Waals surface area contributed by atoms with Crippen molar-refractivity contribution in [1.82, 2.24) is 15.5 Å². The highest BCUT2D eigenvalue weighted by atomic mass is 16.1. The highest BCUT2D eigenvalue weighted by Gasteiger charge is 2.27. The van der Waals surface area contributed by atoms with E-state index in [1.165, 1.54) is 0 Å². The highest BCUT2D eigenvalue weighted by Crippen LogP contribution is 2.20. The molecular formula is C12H21N3O. The fourth-order valence-corrected chi connectivity index (χ4v) is 1.90. The Morgan fingerprint density at radius 1 is 1.38 bits per heavy atom. The number of H-pyrrole nitrogens is 1. The van der Waals surface area contributed by atoms with E-state index in [1.54, 1.807) is 6.20 Å². The molecule has 1 aromatic rings.